The smallest absolute Gasteiger partial charge is 0.337 e. The van der Waals surface area contributed by atoms with Gasteiger partial charge in [-0.05, 0) is 54.5 Å². The first kappa shape index (κ1) is 21.7. The summed E-state index contributed by atoms with van der Waals surface area (Å²) in [6.07, 6.45) is 2.04. The number of hydrogen-bond donors (Lipinski definition) is 0. The summed E-state index contributed by atoms with van der Waals surface area (Å²) >= 11 is 4.87. The van der Waals surface area contributed by atoms with Crippen molar-refractivity contribution in [2.45, 2.75) is 18.4 Å². The topological polar surface area (TPSA) is 60.7 Å². The second-order valence-electron chi connectivity index (χ2n) is 6.08. The molecule has 8 heteroatoms. The molecule has 0 atom stereocenters. The van der Waals surface area contributed by atoms with Crippen LogP contribution < -0.4 is 4.80 Å². The molecule has 0 saturated heterocycles. The third-order valence-corrected chi connectivity index (χ3v) is 6.76. The molecule has 1 aromatic heterocycles. The van der Waals surface area contributed by atoms with Crippen molar-refractivity contribution in [1.82, 2.24) is 4.57 Å². The van der Waals surface area contributed by atoms with Gasteiger partial charge in [0.15, 0.2) is 4.80 Å². The van der Waals surface area contributed by atoms with Crippen LogP contribution in [0, 0.1) is 0 Å². The number of aromatic nitrogens is 1. The maximum atomic E-state index is 12.7. The minimum Gasteiger partial charge on any atom is -0.465 e. The van der Waals surface area contributed by atoms with Crippen molar-refractivity contribution >= 4 is 57.0 Å². The number of carbonyl (C=O) groups is 2. The number of thioether (sulfide) groups is 2. The summed E-state index contributed by atoms with van der Waals surface area (Å²) in [4.78, 5) is 30.8. The van der Waals surface area contributed by atoms with E-state index < -0.39 is 0 Å². The van der Waals surface area contributed by atoms with Gasteiger partial charge in [0.25, 0.3) is 5.91 Å². The number of ether oxygens (including phenoxy) is 1. The van der Waals surface area contributed by atoms with E-state index in [4.69, 9.17) is 4.74 Å². The summed E-state index contributed by atoms with van der Waals surface area (Å²) in [5.74, 6) is 1.24. The fourth-order valence-corrected chi connectivity index (χ4v) is 4.93. The van der Waals surface area contributed by atoms with Gasteiger partial charge in [0.2, 0.25) is 0 Å². The number of carbonyl (C=O) groups excluding carboxylic acids is 2. The van der Waals surface area contributed by atoms with Gasteiger partial charge in [0.1, 0.15) is 0 Å². The molecule has 0 aliphatic rings. The molecule has 152 valence electrons. The lowest BCUT2D eigenvalue weighted by molar-refractivity contribution is 0.0601. The van der Waals surface area contributed by atoms with Crippen LogP contribution in [0.3, 0.4) is 0 Å². The first-order chi connectivity index (χ1) is 14.1. The maximum absolute atomic E-state index is 12.7. The number of nitrogens with zero attached hydrogens (tertiary/aromatic N) is 2. The van der Waals surface area contributed by atoms with Crippen LogP contribution in [-0.4, -0.2) is 41.3 Å². The zero-order chi connectivity index (χ0) is 20.8. The van der Waals surface area contributed by atoms with Crippen LogP contribution >= 0.6 is 34.9 Å². The van der Waals surface area contributed by atoms with Gasteiger partial charge in [-0.3, -0.25) is 4.79 Å². The van der Waals surface area contributed by atoms with Crippen LogP contribution in [0.25, 0.3) is 10.2 Å². The molecule has 0 radical (unpaired) electrons. The van der Waals surface area contributed by atoms with Crippen molar-refractivity contribution < 1.29 is 14.3 Å². The van der Waals surface area contributed by atoms with Crippen molar-refractivity contribution in [2.75, 3.05) is 24.9 Å². The Labute approximate surface area is 182 Å². The van der Waals surface area contributed by atoms with E-state index in [9.17, 15) is 9.59 Å². The largest absolute Gasteiger partial charge is 0.465 e. The second kappa shape index (κ2) is 10.1. The average Bonchev–Trinajstić information content (AvgIpc) is 3.08. The molecule has 0 N–H and O–H groups in total. The highest BCUT2D eigenvalue weighted by Gasteiger charge is 2.12. The van der Waals surface area contributed by atoms with Crippen molar-refractivity contribution in [3.05, 3.63) is 58.4 Å². The van der Waals surface area contributed by atoms with E-state index in [1.165, 1.54) is 18.4 Å². The van der Waals surface area contributed by atoms with E-state index in [1.54, 1.807) is 35.7 Å². The number of amides is 1. The number of benzene rings is 2. The molecule has 0 fully saturated rings. The van der Waals surface area contributed by atoms with E-state index in [0.717, 1.165) is 33.2 Å². The average molecular weight is 447 g/mol. The van der Waals surface area contributed by atoms with E-state index >= 15 is 0 Å². The fourth-order valence-electron chi connectivity index (χ4n) is 2.81. The lowest BCUT2D eigenvalue weighted by Gasteiger charge is -2.05. The summed E-state index contributed by atoms with van der Waals surface area (Å²) < 4.78 is 7.75. The molecular weight excluding hydrogens is 424 g/mol. The van der Waals surface area contributed by atoms with Gasteiger partial charge in [0.05, 0.1) is 22.9 Å². The molecule has 0 unspecified atom stereocenters. The highest BCUT2D eigenvalue weighted by molar-refractivity contribution is 7.99. The highest BCUT2D eigenvalue weighted by Crippen LogP contribution is 2.21. The van der Waals surface area contributed by atoms with E-state index in [0.29, 0.717) is 15.9 Å². The molecule has 1 heterocycles. The van der Waals surface area contributed by atoms with Crippen LogP contribution in [0.2, 0.25) is 0 Å². The van der Waals surface area contributed by atoms with Crippen LogP contribution in [0.5, 0.6) is 0 Å². The van der Waals surface area contributed by atoms with Crippen molar-refractivity contribution in [3.8, 4) is 0 Å². The zero-order valence-electron chi connectivity index (χ0n) is 16.5. The zero-order valence-corrected chi connectivity index (χ0v) is 19.0. The van der Waals surface area contributed by atoms with Crippen molar-refractivity contribution in [2.24, 2.45) is 4.99 Å². The second-order valence-corrected chi connectivity index (χ2v) is 9.41. The van der Waals surface area contributed by atoms with Crippen LogP contribution in [-0.2, 0) is 11.3 Å². The Bertz CT molecular complexity index is 1080. The monoisotopic (exact) mass is 446 g/mol. The molecule has 0 bridgehead atoms. The standard InChI is InChI=1S/C21H22N2O3S3/c1-4-28-16-8-5-14(6-9-16)19(24)22-21-23(11-12-27-3)17-10-7-15(20(25)26-2)13-18(17)29-21/h5-10,13H,4,11-12H2,1-3H3. The summed E-state index contributed by atoms with van der Waals surface area (Å²) in [6, 6.07) is 13.0. The summed E-state index contributed by atoms with van der Waals surface area (Å²) in [5.41, 5.74) is 2.01. The molecule has 2 aromatic carbocycles. The molecular formula is C21H22N2O3S3. The maximum Gasteiger partial charge on any atom is 0.337 e. The Morgan fingerprint density at radius 3 is 2.52 bits per heavy atom. The van der Waals surface area contributed by atoms with Gasteiger partial charge in [-0.1, -0.05) is 18.3 Å². The van der Waals surface area contributed by atoms with Crippen molar-refractivity contribution in [3.63, 3.8) is 0 Å². The highest BCUT2D eigenvalue weighted by atomic mass is 32.2. The minimum absolute atomic E-state index is 0.268. The molecule has 0 aliphatic carbocycles. The first-order valence-electron chi connectivity index (χ1n) is 9.10. The molecule has 29 heavy (non-hydrogen) atoms. The number of esters is 1. The molecule has 0 spiro atoms. The number of rotatable bonds is 7. The minimum atomic E-state index is -0.379. The number of methoxy groups -OCH3 is 1. The van der Waals surface area contributed by atoms with E-state index in [-0.39, 0.29) is 11.9 Å². The SMILES string of the molecule is CCSc1ccc(C(=O)N=c2sc3cc(C(=O)OC)ccc3n2CCSC)cc1. The van der Waals surface area contributed by atoms with Gasteiger partial charge in [-0.25, -0.2) is 4.79 Å². The van der Waals surface area contributed by atoms with Crippen molar-refractivity contribution in [1.29, 1.82) is 0 Å². The first-order valence-corrected chi connectivity index (χ1v) is 12.3. The lowest BCUT2D eigenvalue weighted by atomic mass is 10.2. The molecule has 3 rings (SSSR count). The summed E-state index contributed by atoms with van der Waals surface area (Å²) in [6.45, 7) is 2.83. The number of fused-ring (bicyclic) bond motifs is 1. The van der Waals surface area contributed by atoms with Gasteiger partial charge >= 0.3 is 5.97 Å². The Morgan fingerprint density at radius 1 is 1.14 bits per heavy atom. The number of thiazole rings is 1. The molecule has 1 amide bonds. The molecule has 5 nitrogen and oxygen atoms in total. The fraction of sp³-hybridized carbons (Fsp3) is 0.286. The van der Waals surface area contributed by atoms with Gasteiger partial charge in [-0.15, -0.1) is 11.8 Å². The predicted molar refractivity (Wildman–Crippen MR) is 122 cm³/mol. The molecule has 0 aliphatic heterocycles. The predicted octanol–water partition coefficient (Wildman–Crippen LogP) is 4.71. The Hall–Kier alpha value is -2.03. The van der Waals surface area contributed by atoms with Crippen LogP contribution in [0.15, 0.2) is 52.4 Å². The third kappa shape index (κ3) is 5.12. The van der Waals surface area contributed by atoms with E-state index in [1.807, 2.05) is 41.2 Å². The molecule has 0 saturated carbocycles. The number of aryl methyl sites for hydroxylation is 1. The Morgan fingerprint density at radius 2 is 1.86 bits per heavy atom. The normalized spacial score (nSPS) is 11.8. The summed E-state index contributed by atoms with van der Waals surface area (Å²) in [7, 11) is 1.36. The third-order valence-electron chi connectivity index (χ3n) is 4.23. The van der Waals surface area contributed by atoms with Gasteiger partial charge in [-0.2, -0.15) is 16.8 Å². The van der Waals surface area contributed by atoms with Gasteiger partial charge < -0.3 is 9.30 Å². The van der Waals surface area contributed by atoms with Gasteiger partial charge in [0, 0.05) is 22.8 Å². The van der Waals surface area contributed by atoms with Crippen LogP contribution in [0.4, 0.5) is 0 Å². The van der Waals surface area contributed by atoms with Crippen LogP contribution in [0.1, 0.15) is 27.6 Å². The quantitative estimate of drug-likeness (QED) is 0.389. The Balaban J connectivity index is 2.03. The van der Waals surface area contributed by atoms with E-state index in [2.05, 4.69) is 11.9 Å². The Kier molecular flexibility index (Phi) is 7.57. The molecule has 3 aromatic rings. The number of hydrogen-bond acceptors (Lipinski definition) is 6. The lowest BCUT2D eigenvalue weighted by Crippen LogP contribution is -2.18. The summed E-state index contributed by atoms with van der Waals surface area (Å²) in [5, 5.41) is 0.